The van der Waals surface area contributed by atoms with Gasteiger partial charge in [-0.05, 0) is 12.8 Å². The number of aliphatic hydroxyl groups is 1. The first-order valence-electron chi connectivity index (χ1n) is 7.51. The van der Waals surface area contributed by atoms with E-state index in [-0.39, 0.29) is 5.82 Å². The lowest BCUT2D eigenvalue weighted by atomic mass is 9.89. The fourth-order valence-corrected chi connectivity index (χ4v) is 2.87. The van der Waals surface area contributed by atoms with E-state index < -0.39 is 16.9 Å². The fourth-order valence-electron chi connectivity index (χ4n) is 2.87. The van der Waals surface area contributed by atoms with Gasteiger partial charge in [-0.1, -0.05) is 26.7 Å². The number of β-amino-alcohol motifs (C(OH)–C–C–N with tert-alkyl or cyclic N) is 1. The van der Waals surface area contributed by atoms with Crippen molar-refractivity contribution in [1.29, 1.82) is 0 Å². The monoisotopic (exact) mass is 296 g/mol. The van der Waals surface area contributed by atoms with E-state index in [2.05, 4.69) is 4.98 Å². The first kappa shape index (κ1) is 15.6. The van der Waals surface area contributed by atoms with Crippen LogP contribution in [0.3, 0.4) is 0 Å². The lowest BCUT2D eigenvalue weighted by Gasteiger charge is -2.47. The van der Waals surface area contributed by atoms with E-state index in [0.29, 0.717) is 31.7 Å². The van der Waals surface area contributed by atoms with Crippen LogP contribution in [0.4, 0.5) is 11.5 Å². The number of unbranched alkanes of at least 4 members (excludes halogenated alkanes) is 1. The van der Waals surface area contributed by atoms with Crippen molar-refractivity contribution in [2.45, 2.75) is 51.7 Å². The Morgan fingerprint density at radius 1 is 1.29 bits per heavy atom. The number of hydrogen-bond donors (Lipinski definition) is 3. The van der Waals surface area contributed by atoms with Gasteiger partial charge in [0.2, 0.25) is 0 Å². The Hall–Kier alpha value is -1.76. The second-order valence-electron chi connectivity index (χ2n) is 5.83. The molecular weight excluding hydrogens is 272 g/mol. The van der Waals surface area contributed by atoms with Gasteiger partial charge >= 0.3 is 5.69 Å². The van der Waals surface area contributed by atoms with Crippen molar-refractivity contribution in [3.05, 3.63) is 20.8 Å². The molecule has 7 nitrogen and oxygen atoms in total. The summed E-state index contributed by atoms with van der Waals surface area (Å²) in [7, 11) is 0. The summed E-state index contributed by atoms with van der Waals surface area (Å²) in [6.07, 6.45) is 3.32. The van der Waals surface area contributed by atoms with Gasteiger partial charge in [-0.15, -0.1) is 0 Å². The number of nitrogens with two attached hydrogens (primary N) is 1. The number of H-pyrrole nitrogens is 1. The maximum absolute atomic E-state index is 12.0. The second kappa shape index (κ2) is 5.93. The number of nitrogens with zero attached hydrogens (tertiary/aromatic N) is 2. The van der Waals surface area contributed by atoms with E-state index in [4.69, 9.17) is 5.73 Å². The summed E-state index contributed by atoms with van der Waals surface area (Å²) in [5.41, 5.74) is 4.61. The van der Waals surface area contributed by atoms with Crippen LogP contribution >= 0.6 is 0 Å². The zero-order chi connectivity index (χ0) is 15.6. The highest BCUT2D eigenvalue weighted by atomic mass is 16.3. The van der Waals surface area contributed by atoms with Crippen LogP contribution in [-0.4, -0.2) is 33.3 Å². The lowest BCUT2D eigenvalue weighted by Crippen LogP contribution is -2.63. The van der Waals surface area contributed by atoms with Gasteiger partial charge in [-0.2, -0.15) is 0 Å². The summed E-state index contributed by atoms with van der Waals surface area (Å²) in [4.78, 5) is 27.9. The average Bonchev–Trinajstić information content (AvgIpc) is 2.36. The molecule has 0 aromatic carbocycles. The van der Waals surface area contributed by atoms with E-state index in [9.17, 15) is 14.7 Å². The molecule has 0 amide bonds. The molecule has 0 radical (unpaired) electrons. The highest BCUT2D eigenvalue weighted by Crippen LogP contribution is 2.31. The summed E-state index contributed by atoms with van der Waals surface area (Å²) in [6.45, 7) is 5.26. The highest BCUT2D eigenvalue weighted by molar-refractivity contribution is 5.64. The van der Waals surface area contributed by atoms with E-state index >= 15 is 0 Å². The van der Waals surface area contributed by atoms with Gasteiger partial charge in [-0.3, -0.25) is 14.3 Å². The first-order valence-corrected chi connectivity index (χ1v) is 7.51. The highest BCUT2D eigenvalue weighted by Gasteiger charge is 2.42. The molecular formula is C14H24N4O3. The molecule has 1 aromatic heterocycles. The standard InChI is InChI=1S/C14H24N4O3/c1-3-5-7-18-11(15)10(12(19)16-13(18)20)17-8-14(21,9-17)6-4-2/h21H,3-9,15H2,1-2H3,(H,16,19,20). The summed E-state index contributed by atoms with van der Waals surface area (Å²) < 4.78 is 1.40. The van der Waals surface area contributed by atoms with Crippen molar-refractivity contribution >= 4 is 11.5 Å². The third kappa shape index (κ3) is 2.97. The van der Waals surface area contributed by atoms with Crippen molar-refractivity contribution in [3.63, 3.8) is 0 Å². The normalized spacial score (nSPS) is 16.8. The molecule has 0 atom stereocenters. The van der Waals surface area contributed by atoms with Crippen LogP contribution in [0.2, 0.25) is 0 Å². The summed E-state index contributed by atoms with van der Waals surface area (Å²) >= 11 is 0. The van der Waals surface area contributed by atoms with Crippen molar-refractivity contribution in [3.8, 4) is 0 Å². The number of aromatic nitrogens is 2. The largest absolute Gasteiger partial charge is 0.386 e. The maximum atomic E-state index is 12.0. The maximum Gasteiger partial charge on any atom is 0.330 e. The van der Waals surface area contributed by atoms with Gasteiger partial charge in [0.05, 0.1) is 5.60 Å². The predicted octanol–water partition coefficient (Wildman–Crippen LogP) is 0.270. The lowest BCUT2D eigenvalue weighted by molar-refractivity contribution is 0.00328. The van der Waals surface area contributed by atoms with Gasteiger partial charge in [0.25, 0.3) is 5.56 Å². The zero-order valence-electron chi connectivity index (χ0n) is 12.7. The van der Waals surface area contributed by atoms with Gasteiger partial charge in [0, 0.05) is 19.6 Å². The summed E-state index contributed by atoms with van der Waals surface area (Å²) in [5.74, 6) is 0.191. The van der Waals surface area contributed by atoms with Crippen LogP contribution in [0.25, 0.3) is 0 Å². The number of rotatable bonds is 6. The Morgan fingerprint density at radius 3 is 2.52 bits per heavy atom. The average molecular weight is 296 g/mol. The zero-order valence-corrected chi connectivity index (χ0v) is 12.7. The Labute approximate surface area is 123 Å². The molecule has 21 heavy (non-hydrogen) atoms. The minimum atomic E-state index is -0.752. The van der Waals surface area contributed by atoms with Gasteiger partial charge < -0.3 is 15.7 Å². The second-order valence-corrected chi connectivity index (χ2v) is 5.83. The number of aromatic amines is 1. The summed E-state index contributed by atoms with van der Waals surface area (Å²) in [6, 6.07) is 0. The van der Waals surface area contributed by atoms with Crippen LogP contribution < -0.4 is 21.9 Å². The van der Waals surface area contributed by atoms with Crippen LogP contribution in [0.1, 0.15) is 39.5 Å². The molecule has 7 heteroatoms. The third-order valence-electron chi connectivity index (χ3n) is 3.95. The molecule has 1 aliphatic heterocycles. The minimum Gasteiger partial charge on any atom is -0.386 e. The predicted molar refractivity (Wildman–Crippen MR) is 82.7 cm³/mol. The third-order valence-corrected chi connectivity index (χ3v) is 3.95. The Bertz CT molecular complexity index is 614. The number of anilines is 2. The smallest absolute Gasteiger partial charge is 0.330 e. The van der Waals surface area contributed by atoms with Crippen LogP contribution in [-0.2, 0) is 6.54 Å². The molecule has 2 rings (SSSR count). The minimum absolute atomic E-state index is 0.191. The Balaban J connectivity index is 2.29. The molecule has 0 bridgehead atoms. The first-order chi connectivity index (χ1) is 9.91. The van der Waals surface area contributed by atoms with Gasteiger partial charge in [0.1, 0.15) is 11.5 Å². The van der Waals surface area contributed by atoms with Crippen LogP contribution in [0, 0.1) is 0 Å². The van der Waals surface area contributed by atoms with Gasteiger partial charge in [-0.25, -0.2) is 4.79 Å². The molecule has 1 saturated heterocycles. The molecule has 1 fully saturated rings. The quantitative estimate of drug-likeness (QED) is 0.699. The Morgan fingerprint density at radius 2 is 1.95 bits per heavy atom. The van der Waals surface area contributed by atoms with E-state index in [0.717, 1.165) is 19.3 Å². The molecule has 2 heterocycles. The van der Waals surface area contributed by atoms with E-state index in [1.54, 1.807) is 4.90 Å². The number of nitrogens with one attached hydrogen (secondary N) is 1. The molecule has 0 saturated carbocycles. The van der Waals surface area contributed by atoms with Gasteiger partial charge in [0.15, 0.2) is 0 Å². The Kier molecular flexibility index (Phi) is 4.41. The van der Waals surface area contributed by atoms with Crippen molar-refractivity contribution in [1.82, 2.24) is 9.55 Å². The molecule has 118 valence electrons. The topological polar surface area (TPSA) is 104 Å². The molecule has 4 N–H and O–H groups in total. The number of nitrogen functional groups attached to an aromatic ring is 1. The van der Waals surface area contributed by atoms with Crippen molar-refractivity contribution in [2.75, 3.05) is 23.7 Å². The molecule has 0 spiro atoms. The summed E-state index contributed by atoms with van der Waals surface area (Å²) in [5, 5.41) is 10.2. The van der Waals surface area contributed by atoms with E-state index in [1.807, 2.05) is 13.8 Å². The number of hydrogen-bond acceptors (Lipinski definition) is 5. The SMILES string of the molecule is CCCCn1c(N)c(N2CC(O)(CCC)C2)c(=O)[nH]c1=O. The molecule has 0 unspecified atom stereocenters. The van der Waals surface area contributed by atoms with Crippen LogP contribution in [0.5, 0.6) is 0 Å². The molecule has 1 aromatic rings. The van der Waals surface area contributed by atoms with Crippen LogP contribution in [0.15, 0.2) is 9.59 Å². The van der Waals surface area contributed by atoms with Crippen molar-refractivity contribution < 1.29 is 5.11 Å². The fraction of sp³-hybridized carbons (Fsp3) is 0.714. The van der Waals surface area contributed by atoms with Crippen molar-refractivity contribution in [2.24, 2.45) is 0 Å². The molecule has 1 aliphatic rings. The van der Waals surface area contributed by atoms with E-state index in [1.165, 1.54) is 4.57 Å². The molecule has 0 aliphatic carbocycles.